The molecule has 4 rings (SSSR count). The highest BCUT2D eigenvalue weighted by molar-refractivity contribution is 5.97. The summed E-state index contributed by atoms with van der Waals surface area (Å²) in [5, 5.41) is 0. The van der Waals surface area contributed by atoms with Crippen molar-refractivity contribution in [3.8, 4) is 5.75 Å². The standard InChI is InChI=1S/C22H22F4N4O2/c1-14(19-27-16-7-3-4-8-17(16)30(19)21(23)24)28-10-12-29(13-11-28)20(31)15-6-2-5-9-18(15)32-22(25)26/h2-9,14,21-22H,10-13H2,1H3. The number of piperazine rings is 1. The van der Waals surface area contributed by atoms with E-state index in [2.05, 4.69) is 9.72 Å². The minimum absolute atomic E-state index is 0.0637. The SMILES string of the molecule is CC(c1nc2ccccc2n1C(F)F)N1CCN(C(=O)c2ccccc2OC(F)F)CC1. The van der Waals surface area contributed by atoms with Crippen LogP contribution in [0.3, 0.4) is 0 Å². The Labute approximate surface area is 182 Å². The van der Waals surface area contributed by atoms with E-state index in [4.69, 9.17) is 0 Å². The Hall–Kier alpha value is -3.14. The number of benzene rings is 2. The zero-order valence-electron chi connectivity index (χ0n) is 17.3. The second-order valence-corrected chi connectivity index (χ2v) is 7.49. The van der Waals surface area contributed by atoms with Gasteiger partial charge in [-0.05, 0) is 31.2 Å². The van der Waals surface area contributed by atoms with Crippen LogP contribution in [0.5, 0.6) is 5.75 Å². The van der Waals surface area contributed by atoms with E-state index < -0.39 is 25.1 Å². The van der Waals surface area contributed by atoms with Crippen molar-refractivity contribution in [2.45, 2.75) is 26.1 Å². The lowest BCUT2D eigenvalue weighted by Crippen LogP contribution is -2.49. The Morgan fingerprint density at radius 2 is 1.62 bits per heavy atom. The lowest BCUT2D eigenvalue weighted by atomic mass is 10.1. The Morgan fingerprint density at radius 3 is 2.31 bits per heavy atom. The van der Waals surface area contributed by atoms with Crippen molar-refractivity contribution in [3.63, 3.8) is 0 Å². The summed E-state index contributed by atoms with van der Waals surface area (Å²) in [5.74, 6) is -0.320. The number of carbonyl (C=O) groups excluding carboxylic acids is 1. The minimum Gasteiger partial charge on any atom is -0.434 e. The maximum absolute atomic E-state index is 13.8. The molecule has 0 bridgehead atoms. The van der Waals surface area contributed by atoms with E-state index in [-0.39, 0.29) is 17.1 Å². The molecule has 1 aliphatic heterocycles. The number of carbonyl (C=O) groups is 1. The van der Waals surface area contributed by atoms with Crippen LogP contribution < -0.4 is 4.74 Å². The molecule has 1 atom stereocenters. The minimum atomic E-state index is -3.03. The van der Waals surface area contributed by atoms with Gasteiger partial charge in [0, 0.05) is 26.2 Å². The van der Waals surface area contributed by atoms with Crippen LogP contribution in [0, 0.1) is 0 Å². The molecule has 0 aliphatic carbocycles. The zero-order chi connectivity index (χ0) is 22.8. The highest BCUT2D eigenvalue weighted by atomic mass is 19.3. The third-order valence-corrected chi connectivity index (χ3v) is 5.67. The third kappa shape index (κ3) is 4.27. The summed E-state index contributed by atoms with van der Waals surface area (Å²) in [6.07, 6.45) is 0. The number of aromatic nitrogens is 2. The molecule has 0 saturated carbocycles. The van der Waals surface area contributed by atoms with E-state index in [0.717, 1.165) is 4.57 Å². The molecule has 1 fully saturated rings. The third-order valence-electron chi connectivity index (χ3n) is 5.67. The van der Waals surface area contributed by atoms with Crippen molar-refractivity contribution >= 4 is 16.9 Å². The molecular weight excluding hydrogens is 428 g/mol. The van der Waals surface area contributed by atoms with Gasteiger partial charge in [-0.25, -0.2) is 4.98 Å². The summed E-state index contributed by atoms with van der Waals surface area (Å²) in [7, 11) is 0. The molecule has 6 nitrogen and oxygen atoms in total. The zero-order valence-corrected chi connectivity index (χ0v) is 17.3. The van der Waals surface area contributed by atoms with Gasteiger partial charge in [0.15, 0.2) is 0 Å². The first-order valence-corrected chi connectivity index (χ1v) is 10.2. The van der Waals surface area contributed by atoms with Crippen LogP contribution in [-0.2, 0) is 0 Å². The van der Waals surface area contributed by atoms with Crippen LogP contribution in [0.15, 0.2) is 48.5 Å². The molecule has 0 radical (unpaired) electrons. The number of alkyl halides is 4. The van der Waals surface area contributed by atoms with Gasteiger partial charge in [0.25, 0.3) is 5.91 Å². The highest BCUT2D eigenvalue weighted by Crippen LogP contribution is 2.30. The number of hydrogen-bond acceptors (Lipinski definition) is 4. The van der Waals surface area contributed by atoms with E-state index in [1.807, 2.05) is 11.8 Å². The summed E-state index contributed by atoms with van der Waals surface area (Å²) in [6.45, 7) is -2.45. The number of fused-ring (bicyclic) bond motifs is 1. The largest absolute Gasteiger partial charge is 0.434 e. The molecule has 3 aromatic rings. The van der Waals surface area contributed by atoms with Gasteiger partial charge >= 0.3 is 13.2 Å². The maximum Gasteiger partial charge on any atom is 0.387 e. The molecule has 2 aromatic carbocycles. The molecule has 2 heterocycles. The maximum atomic E-state index is 13.8. The summed E-state index contributed by atoms with van der Waals surface area (Å²) >= 11 is 0. The van der Waals surface area contributed by atoms with Crippen LogP contribution in [0.25, 0.3) is 11.0 Å². The second-order valence-electron chi connectivity index (χ2n) is 7.49. The second kappa shape index (κ2) is 9.15. The monoisotopic (exact) mass is 450 g/mol. The molecule has 32 heavy (non-hydrogen) atoms. The summed E-state index contributed by atoms with van der Waals surface area (Å²) in [4.78, 5) is 20.8. The van der Waals surface area contributed by atoms with Crippen LogP contribution in [0.2, 0.25) is 0 Å². The Balaban J connectivity index is 1.48. The van der Waals surface area contributed by atoms with Gasteiger partial charge in [0.05, 0.1) is 22.6 Å². The predicted molar refractivity (Wildman–Crippen MR) is 110 cm³/mol. The first-order valence-electron chi connectivity index (χ1n) is 10.2. The van der Waals surface area contributed by atoms with Gasteiger partial charge in [-0.15, -0.1) is 0 Å². The quantitative estimate of drug-likeness (QED) is 0.517. The molecule has 1 unspecified atom stereocenters. The van der Waals surface area contributed by atoms with E-state index in [0.29, 0.717) is 37.2 Å². The number of rotatable bonds is 6. The fraction of sp³-hybridized carbons (Fsp3) is 0.364. The van der Waals surface area contributed by atoms with Gasteiger partial charge < -0.3 is 9.64 Å². The first-order chi connectivity index (χ1) is 15.4. The first kappa shape index (κ1) is 22.1. The lowest BCUT2D eigenvalue weighted by molar-refractivity contribution is -0.0503. The molecule has 1 amide bonds. The topological polar surface area (TPSA) is 50.6 Å². The van der Waals surface area contributed by atoms with Crippen molar-refractivity contribution in [1.29, 1.82) is 0 Å². The van der Waals surface area contributed by atoms with Crippen LogP contribution in [0.4, 0.5) is 17.6 Å². The smallest absolute Gasteiger partial charge is 0.387 e. The Bertz CT molecular complexity index is 1100. The van der Waals surface area contributed by atoms with Gasteiger partial charge in [-0.1, -0.05) is 24.3 Å². The van der Waals surface area contributed by atoms with Gasteiger partial charge in [-0.3, -0.25) is 14.3 Å². The Morgan fingerprint density at radius 1 is 0.969 bits per heavy atom. The molecule has 0 spiro atoms. The number of halogens is 4. The average Bonchev–Trinajstić information content (AvgIpc) is 3.18. The van der Waals surface area contributed by atoms with Crippen molar-refractivity contribution in [2.24, 2.45) is 0 Å². The predicted octanol–water partition coefficient (Wildman–Crippen LogP) is 4.55. The van der Waals surface area contributed by atoms with E-state index in [1.54, 1.807) is 35.2 Å². The number of hydrogen-bond donors (Lipinski definition) is 0. The Kier molecular flexibility index (Phi) is 6.31. The fourth-order valence-corrected chi connectivity index (χ4v) is 4.05. The molecule has 10 heteroatoms. The molecule has 1 aliphatic rings. The highest BCUT2D eigenvalue weighted by Gasteiger charge is 2.30. The number of para-hydroxylation sites is 3. The molecular formula is C22H22F4N4O2. The van der Waals surface area contributed by atoms with Crippen molar-refractivity contribution in [2.75, 3.05) is 26.2 Å². The van der Waals surface area contributed by atoms with Crippen LogP contribution in [0.1, 0.15) is 35.7 Å². The van der Waals surface area contributed by atoms with Crippen LogP contribution in [-0.4, -0.2) is 58.0 Å². The lowest BCUT2D eigenvalue weighted by Gasteiger charge is -2.38. The number of nitrogens with zero attached hydrogens (tertiary/aromatic N) is 4. The molecule has 1 aromatic heterocycles. The van der Waals surface area contributed by atoms with Gasteiger partial charge in [0.2, 0.25) is 0 Å². The van der Waals surface area contributed by atoms with E-state index in [1.165, 1.54) is 18.2 Å². The molecule has 1 saturated heterocycles. The molecule has 170 valence electrons. The summed E-state index contributed by atoms with van der Waals surface area (Å²) in [5.41, 5.74) is 0.932. The number of ether oxygens (including phenoxy) is 1. The van der Waals surface area contributed by atoms with Crippen LogP contribution >= 0.6 is 0 Å². The average molecular weight is 450 g/mol. The summed E-state index contributed by atoms with van der Waals surface area (Å²) in [6, 6.07) is 12.2. The van der Waals surface area contributed by atoms with Crippen molar-refractivity contribution < 1.29 is 27.1 Å². The van der Waals surface area contributed by atoms with E-state index >= 15 is 0 Å². The van der Waals surface area contributed by atoms with Crippen molar-refractivity contribution in [3.05, 3.63) is 59.9 Å². The van der Waals surface area contributed by atoms with Crippen molar-refractivity contribution in [1.82, 2.24) is 19.4 Å². The fourth-order valence-electron chi connectivity index (χ4n) is 4.05. The van der Waals surface area contributed by atoms with Gasteiger partial charge in [0.1, 0.15) is 11.6 Å². The normalized spacial score (nSPS) is 16.2. The molecule has 0 N–H and O–H groups in total. The van der Waals surface area contributed by atoms with E-state index in [9.17, 15) is 22.4 Å². The summed E-state index contributed by atoms with van der Waals surface area (Å²) < 4.78 is 58.3. The number of imidazole rings is 1. The number of amides is 1. The van der Waals surface area contributed by atoms with Gasteiger partial charge in [-0.2, -0.15) is 17.6 Å².